The van der Waals surface area contributed by atoms with Gasteiger partial charge in [-0.25, -0.2) is 0 Å². The number of allylic oxidation sites excluding steroid dienone is 10. The van der Waals surface area contributed by atoms with Gasteiger partial charge in [-0.15, -0.1) is 6.58 Å². The van der Waals surface area contributed by atoms with Crippen molar-refractivity contribution in [2.75, 3.05) is 0 Å². The number of fused-ring (bicyclic) bond motifs is 1. The van der Waals surface area contributed by atoms with E-state index in [9.17, 15) is 4.79 Å². The van der Waals surface area contributed by atoms with E-state index in [1.807, 2.05) is 32.1 Å². The minimum Gasteiger partial charge on any atom is -0.299 e. The van der Waals surface area contributed by atoms with E-state index in [1.165, 1.54) is 11.1 Å². The van der Waals surface area contributed by atoms with Gasteiger partial charge in [-0.3, -0.25) is 4.79 Å². The predicted octanol–water partition coefficient (Wildman–Crippen LogP) is 4.86. The van der Waals surface area contributed by atoms with Crippen molar-refractivity contribution >= 4 is 5.78 Å². The number of hydrogen-bond donors (Lipinski definition) is 0. The highest BCUT2D eigenvalue weighted by atomic mass is 16.1. The summed E-state index contributed by atoms with van der Waals surface area (Å²) in [6, 6.07) is 0. The summed E-state index contributed by atoms with van der Waals surface area (Å²) in [6.45, 7) is 12.2. The van der Waals surface area contributed by atoms with Crippen molar-refractivity contribution in [3.63, 3.8) is 0 Å². The van der Waals surface area contributed by atoms with Gasteiger partial charge in [-0.2, -0.15) is 0 Å². The first-order valence-corrected chi connectivity index (χ1v) is 7.07. The summed E-state index contributed by atoms with van der Waals surface area (Å²) in [5, 5.41) is 0. The molecule has 0 spiro atoms. The van der Waals surface area contributed by atoms with E-state index in [4.69, 9.17) is 0 Å². The molecule has 1 atom stereocenters. The van der Waals surface area contributed by atoms with Crippen LogP contribution in [0.3, 0.4) is 0 Å². The van der Waals surface area contributed by atoms with Gasteiger partial charge in [0.05, 0.1) is 0 Å². The summed E-state index contributed by atoms with van der Waals surface area (Å²) in [5.41, 5.74) is 4.27. The van der Waals surface area contributed by atoms with Gasteiger partial charge < -0.3 is 0 Å². The quantitative estimate of drug-likeness (QED) is 0.667. The molecule has 2 bridgehead atoms. The molecule has 1 nitrogen and oxygen atoms in total. The van der Waals surface area contributed by atoms with Gasteiger partial charge in [0, 0.05) is 18.3 Å². The molecule has 0 radical (unpaired) electrons. The Balaban J connectivity index is 2.65. The summed E-state index contributed by atoms with van der Waals surface area (Å²) in [7, 11) is 0. The number of carbonyl (C=O) groups excluding carboxylic acids is 1. The average molecular weight is 266 g/mol. The van der Waals surface area contributed by atoms with Crippen molar-refractivity contribution in [3.05, 3.63) is 71.9 Å². The van der Waals surface area contributed by atoms with E-state index in [2.05, 4.69) is 31.4 Å². The van der Waals surface area contributed by atoms with Crippen LogP contribution < -0.4 is 0 Å². The van der Waals surface area contributed by atoms with Crippen LogP contribution in [0.15, 0.2) is 71.9 Å². The minimum atomic E-state index is -0.299. The molecule has 0 heterocycles. The first-order valence-electron chi connectivity index (χ1n) is 7.07. The van der Waals surface area contributed by atoms with E-state index >= 15 is 0 Å². The van der Waals surface area contributed by atoms with Gasteiger partial charge in [0.1, 0.15) is 5.78 Å². The van der Waals surface area contributed by atoms with Gasteiger partial charge in [-0.05, 0) is 37.0 Å². The fourth-order valence-corrected chi connectivity index (χ4v) is 3.40. The molecule has 104 valence electrons. The smallest absolute Gasteiger partial charge is 0.138 e. The molecule has 2 aliphatic rings. The second kappa shape index (κ2) is 5.62. The zero-order chi connectivity index (χ0) is 14.8. The van der Waals surface area contributed by atoms with E-state index in [-0.39, 0.29) is 11.2 Å². The molecule has 0 N–H and O–H groups in total. The zero-order valence-electron chi connectivity index (χ0n) is 12.4. The van der Waals surface area contributed by atoms with Crippen LogP contribution in [0.5, 0.6) is 0 Å². The molecule has 0 aromatic rings. The predicted molar refractivity (Wildman–Crippen MR) is 85.4 cm³/mol. The maximum absolute atomic E-state index is 12.2. The Kier molecular flexibility index (Phi) is 4.08. The second-order valence-electron chi connectivity index (χ2n) is 5.71. The van der Waals surface area contributed by atoms with Crippen LogP contribution in [0.2, 0.25) is 0 Å². The Morgan fingerprint density at radius 2 is 2.15 bits per heavy atom. The Bertz CT molecular complexity index is 581. The summed E-state index contributed by atoms with van der Waals surface area (Å²) in [5.74, 6) is 0.288. The lowest BCUT2D eigenvalue weighted by Gasteiger charge is -2.39. The lowest BCUT2D eigenvalue weighted by atomic mass is 9.63. The molecule has 0 aromatic heterocycles. The van der Waals surface area contributed by atoms with Crippen molar-refractivity contribution in [1.29, 1.82) is 0 Å². The van der Waals surface area contributed by atoms with E-state index < -0.39 is 0 Å². The Morgan fingerprint density at radius 1 is 1.40 bits per heavy atom. The summed E-state index contributed by atoms with van der Waals surface area (Å²) >= 11 is 0. The third kappa shape index (κ3) is 2.53. The number of ketones is 1. The minimum absolute atomic E-state index is 0.288. The molecule has 2 rings (SSSR count). The number of Topliss-reactive ketones (excluding diaryl/α,β-unsaturated/α-hetero) is 1. The number of carbonyl (C=O) groups is 1. The number of rotatable bonds is 3. The standard InChI is InChI=1S/C19H22O/c1-5-8-15-9-7-10-16-11-17(20)13-19(6-2,12-15)18(16)14(3)4/h5-10H,2-3,11-13H2,1,4H3/b8-5-,10-7?,15-9?. The molecular formula is C19H22O. The molecule has 0 saturated carbocycles. The molecule has 1 unspecified atom stereocenters. The number of hydrogen-bond acceptors (Lipinski definition) is 1. The van der Waals surface area contributed by atoms with E-state index in [0.29, 0.717) is 12.8 Å². The van der Waals surface area contributed by atoms with Crippen molar-refractivity contribution in [2.24, 2.45) is 5.41 Å². The summed E-state index contributed by atoms with van der Waals surface area (Å²) in [4.78, 5) is 12.2. The molecule has 0 amide bonds. The fourth-order valence-electron chi connectivity index (χ4n) is 3.40. The van der Waals surface area contributed by atoms with Gasteiger partial charge in [0.2, 0.25) is 0 Å². The van der Waals surface area contributed by atoms with Crippen LogP contribution in [0, 0.1) is 5.41 Å². The normalized spacial score (nSPS) is 26.3. The van der Waals surface area contributed by atoms with Crippen molar-refractivity contribution in [3.8, 4) is 0 Å². The third-order valence-corrected chi connectivity index (χ3v) is 4.04. The maximum atomic E-state index is 12.2. The highest BCUT2D eigenvalue weighted by Crippen LogP contribution is 2.48. The molecule has 0 saturated heterocycles. The van der Waals surface area contributed by atoms with E-state index in [1.54, 1.807) is 0 Å². The lowest BCUT2D eigenvalue weighted by molar-refractivity contribution is -0.120. The first kappa shape index (κ1) is 14.5. The molecule has 1 heteroatoms. The molecule has 0 aromatic carbocycles. The van der Waals surface area contributed by atoms with Crippen molar-refractivity contribution in [1.82, 2.24) is 0 Å². The maximum Gasteiger partial charge on any atom is 0.138 e. The molecule has 0 fully saturated rings. The van der Waals surface area contributed by atoms with E-state index in [0.717, 1.165) is 17.6 Å². The van der Waals surface area contributed by atoms with Gasteiger partial charge in [-0.1, -0.05) is 48.6 Å². The van der Waals surface area contributed by atoms with Crippen molar-refractivity contribution in [2.45, 2.75) is 33.1 Å². The Labute approximate surface area is 121 Å². The van der Waals surface area contributed by atoms with Crippen LogP contribution in [-0.4, -0.2) is 5.78 Å². The third-order valence-electron chi connectivity index (χ3n) is 4.04. The highest BCUT2D eigenvalue weighted by Gasteiger charge is 2.39. The van der Waals surface area contributed by atoms with Crippen LogP contribution in [0.1, 0.15) is 33.1 Å². The molecule has 2 aliphatic carbocycles. The Hall–Kier alpha value is -1.89. The van der Waals surface area contributed by atoms with Crippen molar-refractivity contribution < 1.29 is 4.79 Å². The van der Waals surface area contributed by atoms with Crippen LogP contribution in [0.25, 0.3) is 0 Å². The zero-order valence-corrected chi connectivity index (χ0v) is 12.4. The van der Waals surface area contributed by atoms with Crippen LogP contribution in [0.4, 0.5) is 0 Å². The van der Waals surface area contributed by atoms with Crippen LogP contribution >= 0.6 is 0 Å². The largest absolute Gasteiger partial charge is 0.299 e. The summed E-state index contributed by atoms with van der Waals surface area (Å²) in [6.07, 6.45) is 14.2. The average Bonchev–Trinajstić information content (AvgIpc) is 2.36. The highest BCUT2D eigenvalue weighted by molar-refractivity contribution is 5.86. The molecular weight excluding hydrogens is 244 g/mol. The SMILES string of the molecule is C=CC12CC(=O)CC(=C1C(=C)C)C=CC=C(/C=C\C)C2. The Morgan fingerprint density at radius 3 is 2.75 bits per heavy atom. The first-order chi connectivity index (χ1) is 9.52. The summed E-state index contributed by atoms with van der Waals surface area (Å²) < 4.78 is 0. The fraction of sp³-hybridized carbons (Fsp3) is 0.316. The topological polar surface area (TPSA) is 17.1 Å². The van der Waals surface area contributed by atoms with Crippen LogP contribution in [-0.2, 0) is 4.79 Å². The van der Waals surface area contributed by atoms with Gasteiger partial charge in [0.25, 0.3) is 0 Å². The molecule has 0 aliphatic heterocycles. The molecule has 20 heavy (non-hydrogen) atoms. The van der Waals surface area contributed by atoms with Gasteiger partial charge >= 0.3 is 0 Å². The monoisotopic (exact) mass is 266 g/mol. The second-order valence-corrected chi connectivity index (χ2v) is 5.71. The van der Waals surface area contributed by atoms with Gasteiger partial charge in [0.15, 0.2) is 0 Å². The lowest BCUT2D eigenvalue weighted by Crippen LogP contribution is -2.31.